The molecular weight excluding hydrogens is 106 g/mol. The summed E-state index contributed by atoms with van der Waals surface area (Å²) < 4.78 is 0. The van der Waals surface area contributed by atoms with Crippen molar-refractivity contribution < 1.29 is 10.2 Å². The van der Waals surface area contributed by atoms with Crippen LogP contribution in [0, 0.1) is 0 Å². The quantitative estimate of drug-likeness (QED) is 0.450. The van der Waals surface area contributed by atoms with E-state index in [9.17, 15) is 0 Å². The topological polar surface area (TPSA) is 66.5 Å². The number of hydrogen-bond donors (Lipinski definition) is 3. The Kier molecular flexibility index (Phi) is 2.97. The Balaban J connectivity index is 3.37. The maximum atomic E-state index is 8.49. The first-order valence-corrected chi connectivity index (χ1v) is 2.63. The van der Waals surface area contributed by atoms with Gasteiger partial charge < -0.3 is 15.9 Å². The van der Waals surface area contributed by atoms with Crippen LogP contribution in [0.4, 0.5) is 0 Å². The van der Waals surface area contributed by atoms with Crippen molar-refractivity contribution in [1.82, 2.24) is 0 Å². The van der Waals surface area contributed by atoms with Crippen molar-refractivity contribution in [3.05, 3.63) is 0 Å². The maximum absolute atomic E-state index is 8.49. The Morgan fingerprint density at radius 1 is 1.50 bits per heavy atom. The summed E-state index contributed by atoms with van der Waals surface area (Å²) in [4.78, 5) is 0. The summed E-state index contributed by atoms with van der Waals surface area (Å²) in [5.74, 6) is 0. The lowest BCUT2D eigenvalue weighted by Crippen LogP contribution is -2.40. The zero-order chi connectivity index (χ0) is 6.62. The third kappa shape index (κ3) is 2.96. The van der Waals surface area contributed by atoms with Crippen LogP contribution in [-0.2, 0) is 0 Å². The average molecular weight is 119 g/mol. The number of rotatable bonds is 3. The molecular formula is C5H13NO2. The molecule has 0 aromatic heterocycles. The Bertz CT molecular complexity index is 63.4. The molecule has 4 N–H and O–H groups in total. The molecule has 8 heavy (non-hydrogen) atoms. The van der Waals surface area contributed by atoms with E-state index in [2.05, 4.69) is 0 Å². The first-order chi connectivity index (χ1) is 3.62. The zero-order valence-electron chi connectivity index (χ0n) is 5.09. The Morgan fingerprint density at radius 2 is 2.00 bits per heavy atom. The maximum Gasteiger partial charge on any atom is 0.0609 e. The van der Waals surface area contributed by atoms with Crippen molar-refractivity contribution >= 4 is 0 Å². The number of aliphatic hydroxyl groups excluding tert-OH is 2. The van der Waals surface area contributed by atoms with E-state index < -0.39 is 5.54 Å². The van der Waals surface area contributed by atoms with E-state index in [1.807, 2.05) is 0 Å². The van der Waals surface area contributed by atoms with Crippen LogP contribution >= 0.6 is 0 Å². The van der Waals surface area contributed by atoms with Gasteiger partial charge in [-0.05, 0) is 13.3 Å². The normalized spacial score (nSPS) is 18.0. The molecule has 0 aromatic rings. The third-order valence-electron chi connectivity index (χ3n) is 1.04. The van der Waals surface area contributed by atoms with E-state index in [-0.39, 0.29) is 13.2 Å². The molecule has 3 nitrogen and oxygen atoms in total. The second kappa shape index (κ2) is 3.02. The van der Waals surface area contributed by atoms with Crippen LogP contribution in [0.1, 0.15) is 13.3 Å². The van der Waals surface area contributed by atoms with Crippen LogP contribution in [-0.4, -0.2) is 29.0 Å². The predicted molar refractivity (Wildman–Crippen MR) is 31.4 cm³/mol. The van der Waals surface area contributed by atoms with Crippen LogP contribution in [0.5, 0.6) is 0 Å². The lowest BCUT2D eigenvalue weighted by atomic mass is 10.0. The van der Waals surface area contributed by atoms with Gasteiger partial charge in [0.25, 0.3) is 0 Å². The highest BCUT2D eigenvalue weighted by molar-refractivity contribution is 4.75. The molecule has 0 aliphatic rings. The molecule has 1 unspecified atom stereocenters. The van der Waals surface area contributed by atoms with Gasteiger partial charge in [-0.1, -0.05) is 0 Å². The average Bonchev–Trinajstić information content (AvgIpc) is 1.67. The van der Waals surface area contributed by atoms with E-state index in [4.69, 9.17) is 15.9 Å². The van der Waals surface area contributed by atoms with E-state index in [0.29, 0.717) is 6.42 Å². The summed E-state index contributed by atoms with van der Waals surface area (Å²) in [5.41, 5.74) is 4.81. The Labute approximate surface area is 49.1 Å². The van der Waals surface area contributed by atoms with E-state index in [1.165, 1.54) is 0 Å². The van der Waals surface area contributed by atoms with Crippen LogP contribution in [0.25, 0.3) is 0 Å². The van der Waals surface area contributed by atoms with Gasteiger partial charge in [-0.3, -0.25) is 0 Å². The van der Waals surface area contributed by atoms with Crippen molar-refractivity contribution in [3.8, 4) is 0 Å². The molecule has 3 heteroatoms. The molecule has 0 aliphatic carbocycles. The van der Waals surface area contributed by atoms with E-state index in [1.54, 1.807) is 6.92 Å². The monoisotopic (exact) mass is 119 g/mol. The van der Waals surface area contributed by atoms with Crippen molar-refractivity contribution in [2.75, 3.05) is 13.2 Å². The third-order valence-corrected chi connectivity index (χ3v) is 1.04. The summed E-state index contributed by atoms with van der Waals surface area (Å²) in [6.45, 7) is 1.66. The lowest BCUT2D eigenvalue weighted by Gasteiger charge is -2.19. The van der Waals surface area contributed by atoms with Crippen molar-refractivity contribution in [2.24, 2.45) is 5.73 Å². The van der Waals surface area contributed by atoms with Gasteiger partial charge in [0.1, 0.15) is 0 Å². The minimum absolute atomic E-state index is 0.0353. The second-order valence-electron chi connectivity index (χ2n) is 2.29. The molecule has 0 saturated carbocycles. The smallest absolute Gasteiger partial charge is 0.0609 e. The molecule has 0 spiro atoms. The molecule has 0 heterocycles. The van der Waals surface area contributed by atoms with Crippen LogP contribution in [0.3, 0.4) is 0 Å². The molecule has 0 amide bonds. The van der Waals surface area contributed by atoms with Gasteiger partial charge in [-0.15, -0.1) is 0 Å². The first kappa shape index (κ1) is 7.88. The van der Waals surface area contributed by atoms with Crippen LogP contribution in [0.2, 0.25) is 0 Å². The molecule has 1 atom stereocenters. The molecule has 0 rings (SSSR count). The lowest BCUT2D eigenvalue weighted by molar-refractivity contribution is 0.168. The molecule has 0 aromatic carbocycles. The van der Waals surface area contributed by atoms with Gasteiger partial charge in [0.2, 0.25) is 0 Å². The standard InChI is InChI=1S/C5H13NO2/c1-5(6,4-8)2-3-7/h7-8H,2-4,6H2,1H3. The van der Waals surface area contributed by atoms with Gasteiger partial charge in [0, 0.05) is 12.1 Å². The van der Waals surface area contributed by atoms with Crippen LogP contribution < -0.4 is 5.73 Å². The van der Waals surface area contributed by atoms with Gasteiger partial charge in [0.15, 0.2) is 0 Å². The molecule has 0 bridgehead atoms. The molecule has 50 valence electrons. The fourth-order valence-electron chi connectivity index (χ4n) is 0.334. The van der Waals surface area contributed by atoms with Crippen molar-refractivity contribution in [2.45, 2.75) is 18.9 Å². The fourth-order valence-corrected chi connectivity index (χ4v) is 0.334. The van der Waals surface area contributed by atoms with E-state index in [0.717, 1.165) is 0 Å². The number of nitrogens with two attached hydrogens (primary N) is 1. The zero-order valence-corrected chi connectivity index (χ0v) is 5.09. The summed E-state index contributed by atoms with van der Waals surface area (Å²) in [6, 6.07) is 0. The van der Waals surface area contributed by atoms with Gasteiger partial charge >= 0.3 is 0 Å². The second-order valence-corrected chi connectivity index (χ2v) is 2.29. The number of hydrogen-bond acceptors (Lipinski definition) is 3. The summed E-state index contributed by atoms with van der Waals surface area (Å²) in [5, 5.41) is 16.8. The summed E-state index contributed by atoms with van der Waals surface area (Å²) in [7, 11) is 0. The molecule has 0 aliphatic heterocycles. The fraction of sp³-hybridized carbons (Fsp3) is 1.00. The van der Waals surface area contributed by atoms with Gasteiger partial charge in [-0.25, -0.2) is 0 Å². The van der Waals surface area contributed by atoms with Crippen LogP contribution in [0.15, 0.2) is 0 Å². The van der Waals surface area contributed by atoms with E-state index >= 15 is 0 Å². The predicted octanol–water partition coefficient (Wildman–Crippen LogP) is -0.922. The Morgan fingerprint density at radius 3 is 2.12 bits per heavy atom. The minimum atomic E-state index is -0.602. The van der Waals surface area contributed by atoms with Crippen molar-refractivity contribution in [3.63, 3.8) is 0 Å². The van der Waals surface area contributed by atoms with Gasteiger partial charge in [0.05, 0.1) is 6.61 Å². The number of aliphatic hydroxyl groups is 2. The summed E-state index contributed by atoms with van der Waals surface area (Å²) >= 11 is 0. The summed E-state index contributed by atoms with van der Waals surface area (Å²) in [6.07, 6.45) is 0.448. The highest BCUT2D eigenvalue weighted by Crippen LogP contribution is 2.01. The SMILES string of the molecule is CC(N)(CO)CCO. The highest BCUT2D eigenvalue weighted by Gasteiger charge is 2.14. The minimum Gasteiger partial charge on any atom is -0.396 e. The highest BCUT2D eigenvalue weighted by atomic mass is 16.3. The Hall–Kier alpha value is -0.120. The van der Waals surface area contributed by atoms with Gasteiger partial charge in [-0.2, -0.15) is 0 Å². The first-order valence-electron chi connectivity index (χ1n) is 2.63. The molecule has 0 saturated heterocycles. The van der Waals surface area contributed by atoms with Crippen molar-refractivity contribution in [1.29, 1.82) is 0 Å². The molecule has 0 fully saturated rings. The largest absolute Gasteiger partial charge is 0.396 e. The molecule has 0 radical (unpaired) electrons.